The van der Waals surface area contributed by atoms with Crippen LogP contribution in [0.15, 0.2) is 54.6 Å². The molecule has 0 aliphatic carbocycles. The van der Waals surface area contributed by atoms with E-state index >= 15 is 0 Å². The van der Waals surface area contributed by atoms with Gasteiger partial charge >= 0.3 is 5.97 Å². The largest absolute Gasteiger partial charge is 0.478 e. The fourth-order valence-corrected chi connectivity index (χ4v) is 2.22. The van der Waals surface area contributed by atoms with E-state index in [-0.39, 0.29) is 11.3 Å². The van der Waals surface area contributed by atoms with E-state index < -0.39 is 17.8 Å². The second kappa shape index (κ2) is 8.12. The molecule has 128 valence electrons. The van der Waals surface area contributed by atoms with E-state index in [1.54, 1.807) is 49.4 Å². The van der Waals surface area contributed by atoms with Gasteiger partial charge in [0.1, 0.15) is 0 Å². The minimum absolute atomic E-state index is 0.235. The summed E-state index contributed by atoms with van der Waals surface area (Å²) < 4.78 is 0. The van der Waals surface area contributed by atoms with Crippen molar-refractivity contribution in [1.29, 1.82) is 0 Å². The first kappa shape index (κ1) is 18.2. The predicted octanol–water partition coefficient (Wildman–Crippen LogP) is 3.48. The molecule has 0 unspecified atom stereocenters. The first-order valence-corrected chi connectivity index (χ1v) is 7.63. The third-order valence-corrected chi connectivity index (χ3v) is 3.73. The van der Waals surface area contributed by atoms with Gasteiger partial charge in [-0.25, -0.2) is 4.79 Å². The number of aliphatic carboxylic acids is 1. The molecule has 0 spiro atoms. The molecule has 2 rings (SSSR count). The van der Waals surface area contributed by atoms with Crippen LogP contribution in [0.25, 0.3) is 0 Å². The van der Waals surface area contributed by atoms with Crippen molar-refractivity contribution in [3.8, 4) is 0 Å². The first-order valence-electron chi connectivity index (χ1n) is 7.26. The van der Waals surface area contributed by atoms with Gasteiger partial charge in [0.05, 0.1) is 11.3 Å². The third kappa shape index (κ3) is 4.92. The monoisotopic (exact) mass is 358 g/mol. The summed E-state index contributed by atoms with van der Waals surface area (Å²) in [7, 11) is 0. The number of carbonyl (C=O) groups excluding carboxylic acids is 2. The lowest BCUT2D eigenvalue weighted by Gasteiger charge is -2.12. The van der Waals surface area contributed by atoms with Crippen molar-refractivity contribution in [2.45, 2.75) is 6.92 Å². The summed E-state index contributed by atoms with van der Waals surface area (Å²) >= 11 is 6.04. The molecule has 25 heavy (non-hydrogen) atoms. The second-order valence-corrected chi connectivity index (χ2v) is 5.48. The lowest BCUT2D eigenvalue weighted by Crippen LogP contribution is -2.17. The number of rotatable bonds is 5. The van der Waals surface area contributed by atoms with Gasteiger partial charge in [-0.15, -0.1) is 0 Å². The maximum atomic E-state index is 12.5. The zero-order chi connectivity index (χ0) is 18.4. The van der Waals surface area contributed by atoms with Gasteiger partial charge in [-0.1, -0.05) is 29.8 Å². The van der Waals surface area contributed by atoms with Gasteiger partial charge in [0.25, 0.3) is 5.91 Å². The van der Waals surface area contributed by atoms with Crippen LogP contribution in [0.3, 0.4) is 0 Å². The average molecular weight is 359 g/mol. The lowest BCUT2D eigenvalue weighted by atomic mass is 10.1. The molecule has 0 saturated carbocycles. The standard InChI is InChI=1S/C18H15ClN2O4/c1-11-13(19)6-4-8-14(11)21-18(25)12-5-2-3-7-15(12)20-16(22)9-10-17(23)24/h2-10H,1H3,(H,20,22)(H,21,25)(H,23,24)/b10-9-. The van der Waals surface area contributed by atoms with Crippen molar-refractivity contribution in [3.05, 3.63) is 70.8 Å². The minimum atomic E-state index is -1.24. The molecule has 0 fully saturated rings. The van der Waals surface area contributed by atoms with Crippen molar-refractivity contribution in [2.24, 2.45) is 0 Å². The SMILES string of the molecule is Cc1c(Cl)cccc1NC(=O)c1ccccc1NC(=O)/C=C\C(=O)O. The molecule has 6 nitrogen and oxygen atoms in total. The summed E-state index contributed by atoms with van der Waals surface area (Å²) in [5, 5.41) is 14.3. The molecule has 2 aromatic rings. The molecule has 0 aliphatic heterocycles. The summed E-state index contributed by atoms with van der Waals surface area (Å²) in [6.07, 6.45) is 1.59. The van der Waals surface area contributed by atoms with Crippen molar-refractivity contribution in [3.63, 3.8) is 0 Å². The molecular formula is C18H15ClN2O4. The van der Waals surface area contributed by atoms with Crippen LogP contribution in [0.1, 0.15) is 15.9 Å². The Morgan fingerprint density at radius 3 is 2.36 bits per heavy atom. The van der Waals surface area contributed by atoms with E-state index in [9.17, 15) is 14.4 Å². The molecule has 0 aliphatic rings. The van der Waals surface area contributed by atoms with E-state index in [1.165, 1.54) is 0 Å². The molecule has 2 amide bonds. The number of nitrogens with one attached hydrogen (secondary N) is 2. The third-order valence-electron chi connectivity index (χ3n) is 3.32. The molecule has 3 N–H and O–H groups in total. The zero-order valence-electron chi connectivity index (χ0n) is 13.2. The predicted molar refractivity (Wildman–Crippen MR) is 96.0 cm³/mol. The Bertz CT molecular complexity index is 862. The molecule has 0 bridgehead atoms. The number of amides is 2. The van der Waals surface area contributed by atoms with E-state index in [4.69, 9.17) is 16.7 Å². The summed E-state index contributed by atoms with van der Waals surface area (Å²) in [5.74, 6) is -2.32. The molecule has 0 heterocycles. The number of para-hydroxylation sites is 1. The highest BCUT2D eigenvalue weighted by atomic mass is 35.5. The summed E-state index contributed by atoms with van der Waals surface area (Å²) in [6, 6.07) is 11.6. The maximum Gasteiger partial charge on any atom is 0.328 e. The maximum absolute atomic E-state index is 12.5. The Kier molecular flexibility index (Phi) is 5.92. The van der Waals surface area contributed by atoms with E-state index in [1.807, 2.05) is 0 Å². The van der Waals surface area contributed by atoms with Crippen LogP contribution in [0.2, 0.25) is 5.02 Å². The number of carboxylic acid groups (broad SMARTS) is 1. The normalized spacial score (nSPS) is 10.5. The van der Waals surface area contributed by atoms with Gasteiger partial charge in [-0.2, -0.15) is 0 Å². The van der Waals surface area contributed by atoms with Crippen molar-refractivity contribution in [1.82, 2.24) is 0 Å². The van der Waals surface area contributed by atoms with E-state index in [0.717, 1.165) is 11.6 Å². The summed E-state index contributed by atoms with van der Waals surface area (Å²) in [6.45, 7) is 1.78. The smallest absolute Gasteiger partial charge is 0.328 e. The van der Waals surface area contributed by atoms with Gasteiger partial charge in [0.2, 0.25) is 5.91 Å². The Balaban J connectivity index is 2.22. The molecule has 0 saturated heterocycles. The van der Waals surface area contributed by atoms with E-state index in [2.05, 4.69) is 10.6 Å². The fraction of sp³-hybridized carbons (Fsp3) is 0.0556. The zero-order valence-corrected chi connectivity index (χ0v) is 14.0. The Morgan fingerprint density at radius 1 is 0.960 bits per heavy atom. The van der Waals surface area contributed by atoms with Gasteiger partial charge in [-0.05, 0) is 36.8 Å². The summed E-state index contributed by atoms with van der Waals surface area (Å²) in [5.41, 5.74) is 1.78. The lowest BCUT2D eigenvalue weighted by molar-refractivity contribution is -0.131. The molecule has 2 aromatic carbocycles. The molecule has 0 radical (unpaired) electrons. The molecular weight excluding hydrogens is 344 g/mol. The average Bonchev–Trinajstić information content (AvgIpc) is 2.57. The minimum Gasteiger partial charge on any atom is -0.478 e. The van der Waals surface area contributed by atoms with Gasteiger partial charge in [0, 0.05) is 22.9 Å². The first-order chi connectivity index (χ1) is 11.9. The van der Waals surface area contributed by atoms with E-state index in [0.29, 0.717) is 16.8 Å². The highest BCUT2D eigenvalue weighted by Gasteiger charge is 2.14. The number of carbonyl (C=O) groups is 3. The number of carboxylic acids is 1. The van der Waals surface area contributed by atoms with Gasteiger partial charge < -0.3 is 15.7 Å². The van der Waals surface area contributed by atoms with Crippen LogP contribution in [0.5, 0.6) is 0 Å². The van der Waals surface area contributed by atoms with Crippen LogP contribution in [0, 0.1) is 6.92 Å². The number of benzene rings is 2. The fourth-order valence-electron chi connectivity index (χ4n) is 2.04. The van der Waals surface area contributed by atoms with Crippen molar-refractivity contribution in [2.75, 3.05) is 10.6 Å². The molecule has 7 heteroatoms. The topological polar surface area (TPSA) is 95.5 Å². The molecule has 0 aromatic heterocycles. The number of hydrogen-bond acceptors (Lipinski definition) is 3. The summed E-state index contributed by atoms with van der Waals surface area (Å²) in [4.78, 5) is 34.7. The van der Waals surface area contributed by atoms with Crippen LogP contribution in [-0.4, -0.2) is 22.9 Å². The molecule has 0 atom stereocenters. The van der Waals surface area contributed by atoms with Crippen molar-refractivity contribution >= 4 is 40.8 Å². The quantitative estimate of drug-likeness (QED) is 0.713. The van der Waals surface area contributed by atoms with Crippen LogP contribution >= 0.6 is 11.6 Å². The van der Waals surface area contributed by atoms with Gasteiger partial charge in [0.15, 0.2) is 0 Å². The van der Waals surface area contributed by atoms with Crippen LogP contribution in [-0.2, 0) is 9.59 Å². The number of halogens is 1. The van der Waals surface area contributed by atoms with Gasteiger partial charge in [-0.3, -0.25) is 9.59 Å². The van der Waals surface area contributed by atoms with Crippen LogP contribution in [0.4, 0.5) is 11.4 Å². The second-order valence-electron chi connectivity index (χ2n) is 5.07. The Morgan fingerprint density at radius 2 is 1.64 bits per heavy atom. The number of anilines is 2. The number of hydrogen-bond donors (Lipinski definition) is 3. The Labute approximate surface area is 149 Å². The van der Waals surface area contributed by atoms with Crippen molar-refractivity contribution < 1.29 is 19.5 Å². The highest BCUT2D eigenvalue weighted by Crippen LogP contribution is 2.24. The van der Waals surface area contributed by atoms with Crippen LogP contribution < -0.4 is 10.6 Å². The Hall–Kier alpha value is -3.12. The highest BCUT2D eigenvalue weighted by molar-refractivity contribution is 6.31.